The fourth-order valence-electron chi connectivity index (χ4n) is 3.42. The molecule has 1 amide bonds. The van der Waals surface area contributed by atoms with E-state index in [9.17, 15) is 9.59 Å². The van der Waals surface area contributed by atoms with Crippen LogP contribution in [0.25, 0.3) is 16.7 Å². The van der Waals surface area contributed by atoms with Gasteiger partial charge in [0.05, 0.1) is 5.02 Å². The lowest BCUT2D eigenvalue weighted by atomic mass is 9.84. The molecule has 25 heavy (non-hydrogen) atoms. The second kappa shape index (κ2) is 4.82. The predicted octanol–water partition coefficient (Wildman–Crippen LogP) is 1.40. The van der Waals surface area contributed by atoms with Crippen molar-refractivity contribution in [2.75, 3.05) is 5.43 Å². The number of amides is 1. The Bertz CT molecular complexity index is 1100. The molecule has 1 fully saturated rings. The van der Waals surface area contributed by atoms with Gasteiger partial charge in [-0.2, -0.15) is 0 Å². The first kappa shape index (κ1) is 14.5. The van der Waals surface area contributed by atoms with Gasteiger partial charge in [-0.3, -0.25) is 19.6 Å². The average Bonchev–Trinajstić information content (AvgIpc) is 3.00. The lowest BCUT2D eigenvalue weighted by Crippen LogP contribution is -2.67. The van der Waals surface area contributed by atoms with Crippen LogP contribution in [0.5, 0.6) is 0 Å². The second-order valence-electron chi connectivity index (χ2n) is 6.36. The van der Waals surface area contributed by atoms with E-state index in [1.54, 1.807) is 17.0 Å². The van der Waals surface area contributed by atoms with Crippen LogP contribution in [0.3, 0.4) is 0 Å². The van der Waals surface area contributed by atoms with Crippen molar-refractivity contribution in [1.82, 2.24) is 24.5 Å². The van der Waals surface area contributed by atoms with E-state index < -0.39 is 5.66 Å². The minimum absolute atomic E-state index is 0.124. The lowest BCUT2D eigenvalue weighted by molar-refractivity contribution is 0.0790. The summed E-state index contributed by atoms with van der Waals surface area (Å²) in [6, 6.07) is 3.32. The fraction of sp³-hybridized carbons (Fsp3) is 0.250. The number of nitrogens with zero attached hydrogens (tertiary/aromatic N) is 4. The summed E-state index contributed by atoms with van der Waals surface area (Å²) in [7, 11) is 0. The van der Waals surface area contributed by atoms with Crippen molar-refractivity contribution >= 4 is 28.5 Å². The number of rotatable bonds is 1. The number of pyridine rings is 1. The van der Waals surface area contributed by atoms with Crippen molar-refractivity contribution in [2.45, 2.75) is 24.9 Å². The number of carbonyl (C=O) groups is 1. The van der Waals surface area contributed by atoms with Crippen LogP contribution in [0.2, 0.25) is 5.02 Å². The van der Waals surface area contributed by atoms with Gasteiger partial charge in [0, 0.05) is 17.8 Å². The molecular formula is C16H13ClN6O2. The van der Waals surface area contributed by atoms with E-state index in [0.29, 0.717) is 11.3 Å². The average molecular weight is 357 g/mol. The van der Waals surface area contributed by atoms with Gasteiger partial charge in [0.15, 0.2) is 0 Å². The van der Waals surface area contributed by atoms with Gasteiger partial charge >= 0.3 is 0 Å². The van der Waals surface area contributed by atoms with Crippen LogP contribution >= 0.6 is 11.6 Å². The van der Waals surface area contributed by atoms with Crippen molar-refractivity contribution in [3.63, 3.8) is 0 Å². The van der Waals surface area contributed by atoms with Gasteiger partial charge in [-0.05, 0) is 31.4 Å². The van der Waals surface area contributed by atoms with Crippen LogP contribution in [0, 0.1) is 0 Å². The van der Waals surface area contributed by atoms with Gasteiger partial charge in [0.2, 0.25) is 0 Å². The molecule has 0 saturated heterocycles. The third kappa shape index (κ3) is 1.94. The molecule has 0 aromatic carbocycles. The zero-order valence-corrected chi connectivity index (χ0v) is 13.7. The van der Waals surface area contributed by atoms with Crippen LogP contribution < -0.4 is 16.3 Å². The first-order chi connectivity index (χ1) is 12.1. The number of aromatic nitrogens is 4. The van der Waals surface area contributed by atoms with Gasteiger partial charge in [-0.1, -0.05) is 11.6 Å². The van der Waals surface area contributed by atoms with Crippen LogP contribution in [-0.2, 0) is 0 Å². The number of fused-ring (bicyclic) bond motifs is 2. The molecule has 4 heterocycles. The number of nitrogens with one attached hydrogen (secondary N) is 2. The molecule has 0 atom stereocenters. The van der Waals surface area contributed by atoms with Gasteiger partial charge in [0.1, 0.15) is 29.0 Å². The Morgan fingerprint density at radius 2 is 2.12 bits per heavy atom. The molecule has 0 radical (unpaired) electrons. The molecule has 5 rings (SSSR count). The molecule has 126 valence electrons. The summed E-state index contributed by atoms with van der Waals surface area (Å²) >= 11 is 6.33. The number of halogens is 1. The minimum Gasteiger partial charge on any atom is -0.327 e. The van der Waals surface area contributed by atoms with Gasteiger partial charge < -0.3 is 5.32 Å². The summed E-state index contributed by atoms with van der Waals surface area (Å²) in [5.74, 6) is -0.341. The summed E-state index contributed by atoms with van der Waals surface area (Å²) < 4.78 is 2.92. The molecule has 0 unspecified atom stereocenters. The molecule has 8 nitrogen and oxygen atoms in total. The number of hydrogen-bond donors (Lipinski definition) is 2. The molecule has 1 aliphatic heterocycles. The Labute approximate surface area is 146 Å². The summed E-state index contributed by atoms with van der Waals surface area (Å²) in [5, 5.41) is 3.92. The highest BCUT2D eigenvalue weighted by molar-refractivity contribution is 6.33. The molecule has 0 bridgehead atoms. The normalized spacial score (nSPS) is 17.7. The van der Waals surface area contributed by atoms with Crippen molar-refractivity contribution in [2.24, 2.45) is 0 Å². The van der Waals surface area contributed by atoms with Crippen LogP contribution in [0.4, 0.5) is 0 Å². The van der Waals surface area contributed by atoms with Gasteiger partial charge in [0.25, 0.3) is 11.5 Å². The highest BCUT2D eigenvalue weighted by Crippen LogP contribution is 2.33. The Balaban J connectivity index is 1.76. The second-order valence-corrected chi connectivity index (χ2v) is 6.76. The van der Waals surface area contributed by atoms with Crippen LogP contribution in [-0.4, -0.2) is 30.8 Å². The molecule has 3 aromatic rings. The number of hydrogen-bond acceptors (Lipinski definition) is 5. The topological polar surface area (TPSA) is 93.8 Å². The lowest BCUT2D eigenvalue weighted by Gasteiger charge is -2.47. The molecule has 1 spiro atoms. The molecule has 3 aromatic heterocycles. The first-order valence-corrected chi connectivity index (χ1v) is 8.29. The fourth-order valence-corrected chi connectivity index (χ4v) is 3.69. The van der Waals surface area contributed by atoms with Crippen LogP contribution in [0.1, 0.15) is 29.8 Å². The SMILES string of the molecule is O=C1NC2(CCC2)Nn2c1c(Cl)cc(-n1ccc3cncnc31)c2=O. The third-order valence-corrected chi connectivity index (χ3v) is 5.13. The van der Waals surface area contributed by atoms with Crippen LogP contribution in [0.15, 0.2) is 35.6 Å². The Kier molecular flexibility index (Phi) is 2.79. The smallest absolute Gasteiger partial charge is 0.293 e. The maximum absolute atomic E-state index is 13.1. The van der Waals surface area contributed by atoms with E-state index in [-0.39, 0.29) is 22.2 Å². The zero-order valence-electron chi connectivity index (χ0n) is 13.0. The Hall–Kier alpha value is -2.87. The highest BCUT2D eigenvalue weighted by atomic mass is 35.5. The Morgan fingerprint density at radius 3 is 2.88 bits per heavy atom. The molecular weight excluding hydrogens is 344 g/mol. The van der Waals surface area contributed by atoms with E-state index >= 15 is 0 Å². The molecule has 9 heteroatoms. The van der Waals surface area contributed by atoms with E-state index in [1.165, 1.54) is 17.1 Å². The van der Waals surface area contributed by atoms with Crippen molar-refractivity contribution in [3.8, 4) is 5.69 Å². The van der Waals surface area contributed by atoms with E-state index in [4.69, 9.17) is 11.6 Å². The van der Waals surface area contributed by atoms with Crippen molar-refractivity contribution in [3.05, 3.63) is 51.9 Å². The van der Waals surface area contributed by atoms with E-state index in [0.717, 1.165) is 24.6 Å². The molecule has 2 aliphatic rings. The predicted molar refractivity (Wildman–Crippen MR) is 91.5 cm³/mol. The summed E-state index contributed by atoms with van der Waals surface area (Å²) in [6.45, 7) is 0. The standard InChI is InChI=1S/C16H13ClN6O2/c17-10-6-11(22-5-2-9-7-18-8-19-13(9)22)15(25)23-12(10)14(24)20-16(21-23)3-1-4-16/h2,5-8,21H,1,3-4H2,(H,20,24). The van der Waals surface area contributed by atoms with Crippen molar-refractivity contribution in [1.29, 1.82) is 0 Å². The maximum Gasteiger partial charge on any atom is 0.293 e. The first-order valence-electron chi connectivity index (χ1n) is 7.92. The molecule has 2 N–H and O–H groups in total. The largest absolute Gasteiger partial charge is 0.327 e. The third-order valence-electron chi connectivity index (χ3n) is 4.85. The number of carbonyl (C=O) groups excluding carboxylic acids is 1. The summed E-state index contributed by atoms with van der Waals surface area (Å²) in [6.07, 6.45) is 7.36. The summed E-state index contributed by atoms with van der Waals surface area (Å²) in [4.78, 5) is 33.7. The monoisotopic (exact) mass is 356 g/mol. The van der Waals surface area contributed by atoms with Gasteiger partial charge in [-0.25, -0.2) is 14.6 Å². The summed E-state index contributed by atoms with van der Waals surface area (Å²) in [5.41, 5.74) is 3.27. The quantitative estimate of drug-likeness (QED) is 0.687. The zero-order chi connectivity index (χ0) is 17.2. The maximum atomic E-state index is 13.1. The van der Waals surface area contributed by atoms with Gasteiger partial charge in [-0.15, -0.1) is 0 Å². The highest BCUT2D eigenvalue weighted by Gasteiger charge is 2.44. The van der Waals surface area contributed by atoms with E-state index in [1.807, 2.05) is 6.07 Å². The molecule has 1 saturated carbocycles. The Morgan fingerprint density at radius 1 is 1.28 bits per heavy atom. The van der Waals surface area contributed by atoms with E-state index in [2.05, 4.69) is 20.7 Å². The minimum atomic E-state index is -0.559. The molecule has 1 aliphatic carbocycles. The van der Waals surface area contributed by atoms with Crippen molar-refractivity contribution < 1.29 is 4.79 Å².